The number of amides is 2. The zero-order chi connectivity index (χ0) is 18.8. The highest BCUT2D eigenvalue weighted by Crippen LogP contribution is 2.25. The summed E-state index contributed by atoms with van der Waals surface area (Å²) in [4.78, 5) is 26.4. The molecule has 7 nitrogen and oxygen atoms in total. The van der Waals surface area contributed by atoms with Crippen LogP contribution in [0.15, 0.2) is 29.2 Å². The number of nitrogens with two attached hydrogens (primary N) is 1. The number of hydrogen-bond donors (Lipinski definition) is 2. The minimum Gasteiger partial charge on any atom is -0.342 e. The molecule has 0 bridgehead atoms. The van der Waals surface area contributed by atoms with E-state index in [-0.39, 0.29) is 22.6 Å². The largest absolute Gasteiger partial charge is 0.342 e. The van der Waals surface area contributed by atoms with E-state index in [1.54, 1.807) is 11.0 Å². The van der Waals surface area contributed by atoms with E-state index in [0.29, 0.717) is 31.6 Å². The second kappa shape index (κ2) is 7.13. The van der Waals surface area contributed by atoms with E-state index in [4.69, 9.17) is 5.14 Å². The summed E-state index contributed by atoms with van der Waals surface area (Å²) in [5, 5.41) is 7.84. The van der Waals surface area contributed by atoms with Crippen LogP contribution in [0.1, 0.15) is 33.6 Å². The van der Waals surface area contributed by atoms with Gasteiger partial charge in [-0.05, 0) is 31.0 Å². The van der Waals surface area contributed by atoms with Crippen molar-refractivity contribution in [3.63, 3.8) is 0 Å². The van der Waals surface area contributed by atoms with Gasteiger partial charge >= 0.3 is 0 Å². The Hall–Kier alpha value is -1.93. The highest BCUT2D eigenvalue weighted by Gasteiger charge is 2.32. The van der Waals surface area contributed by atoms with Gasteiger partial charge in [0.15, 0.2) is 0 Å². The molecule has 1 aliphatic heterocycles. The molecule has 2 amide bonds. The minimum absolute atomic E-state index is 0.0455. The molecule has 0 aromatic heterocycles. The van der Waals surface area contributed by atoms with E-state index >= 15 is 0 Å². The monoisotopic (exact) mass is 367 g/mol. The first kappa shape index (κ1) is 19.4. The third-order valence-electron chi connectivity index (χ3n) is 4.22. The van der Waals surface area contributed by atoms with E-state index in [1.807, 2.05) is 20.8 Å². The lowest BCUT2D eigenvalue weighted by molar-refractivity contribution is -0.142. The molecule has 1 heterocycles. The average molecular weight is 367 g/mol. The number of rotatable bonds is 3. The lowest BCUT2D eigenvalue weighted by Gasteiger charge is -2.35. The van der Waals surface area contributed by atoms with E-state index in [9.17, 15) is 18.0 Å². The van der Waals surface area contributed by atoms with Crippen molar-refractivity contribution < 1.29 is 18.0 Å². The van der Waals surface area contributed by atoms with Gasteiger partial charge in [0.05, 0.1) is 4.90 Å². The number of carbonyl (C=O) groups is 2. The molecular formula is C17H25N3O4S. The first-order valence-electron chi connectivity index (χ1n) is 8.21. The molecule has 1 fully saturated rings. The maximum Gasteiger partial charge on any atom is 0.238 e. The quantitative estimate of drug-likeness (QED) is 0.844. The van der Waals surface area contributed by atoms with E-state index in [0.717, 1.165) is 0 Å². The summed E-state index contributed by atoms with van der Waals surface area (Å²) in [6.45, 7) is 6.74. The van der Waals surface area contributed by atoms with Gasteiger partial charge in [-0.3, -0.25) is 9.59 Å². The zero-order valence-electron chi connectivity index (χ0n) is 14.8. The molecular weight excluding hydrogens is 342 g/mol. The molecule has 0 atom stereocenters. The van der Waals surface area contributed by atoms with Crippen LogP contribution in [0.4, 0.5) is 5.69 Å². The molecule has 2 rings (SSSR count). The average Bonchev–Trinajstić information content (AvgIpc) is 2.53. The Labute approximate surface area is 148 Å². The number of carbonyl (C=O) groups excluding carboxylic acids is 2. The van der Waals surface area contributed by atoms with Gasteiger partial charge < -0.3 is 10.2 Å². The fourth-order valence-electron chi connectivity index (χ4n) is 2.81. The van der Waals surface area contributed by atoms with Crippen molar-refractivity contribution >= 4 is 27.5 Å². The standard InChI is InChI=1S/C17H25N3O4S/c1-17(2,3)16(22)20-9-7-12(8-10-20)15(21)19-13-5-4-6-14(11-13)25(18,23)24/h4-6,11-12H,7-10H2,1-3H3,(H,19,21)(H2,18,23,24). The van der Waals surface area contributed by atoms with Crippen LogP contribution in [0.3, 0.4) is 0 Å². The Kier molecular flexibility index (Phi) is 5.53. The SMILES string of the molecule is CC(C)(C)C(=O)N1CCC(C(=O)Nc2cccc(S(N)(=O)=O)c2)CC1. The maximum atomic E-state index is 12.4. The summed E-state index contributed by atoms with van der Waals surface area (Å²) in [5.41, 5.74) is -0.0341. The second-order valence-corrected chi connectivity index (χ2v) is 8.94. The maximum absolute atomic E-state index is 12.4. The van der Waals surface area contributed by atoms with Gasteiger partial charge in [0.1, 0.15) is 0 Å². The van der Waals surface area contributed by atoms with E-state index in [2.05, 4.69) is 5.32 Å². The molecule has 1 saturated heterocycles. The fraction of sp³-hybridized carbons (Fsp3) is 0.529. The lowest BCUT2D eigenvalue weighted by atomic mass is 9.90. The molecule has 0 unspecified atom stereocenters. The number of likely N-dealkylation sites (tertiary alicyclic amines) is 1. The van der Waals surface area contributed by atoms with Crippen LogP contribution >= 0.6 is 0 Å². The van der Waals surface area contributed by atoms with Gasteiger partial charge in [0.2, 0.25) is 21.8 Å². The van der Waals surface area contributed by atoms with Gasteiger partial charge in [0.25, 0.3) is 0 Å². The molecule has 1 aromatic carbocycles. The molecule has 3 N–H and O–H groups in total. The van der Waals surface area contributed by atoms with Crippen LogP contribution < -0.4 is 10.5 Å². The Balaban J connectivity index is 1.97. The summed E-state index contributed by atoms with van der Waals surface area (Å²) < 4.78 is 22.8. The fourth-order valence-corrected chi connectivity index (χ4v) is 3.37. The third-order valence-corrected chi connectivity index (χ3v) is 5.14. The van der Waals surface area contributed by atoms with Crippen LogP contribution in [0, 0.1) is 11.3 Å². The second-order valence-electron chi connectivity index (χ2n) is 7.38. The van der Waals surface area contributed by atoms with Crippen LogP contribution in [0.2, 0.25) is 0 Å². The predicted molar refractivity (Wildman–Crippen MR) is 95.2 cm³/mol. The van der Waals surface area contributed by atoms with Crippen LogP contribution in [-0.2, 0) is 19.6 Å². The topological polar surface area (TPSA) is 110 Å². The highest BCUT2D eigenvalue weighted by atomic mass is 32.2. The normalized spacial score (nSPS) is 16.6. The van der Waals surface area contributed by atoms with Gasteiger partial charge in [-0.1, -0.05) is 26.8 Å². The van der Waals surface area contributed by atoms with Crippen molar-refractivity contribution in [1.29, 1.82) is 0 Å². The minimum atomic E-state index is -3.81. The molecule has 0 spiro atoms. The predicted octanol–water partition coefficient (Wildman–Crippen LogP) is 1.56. The van der Waals surface area contributed by atoms with Crippen molar-refractivity contribution in [2.75, 3.05) is 18.4 Å². The first-order valence-corrected chi connectivity index (χ1v) is 9.76. The summed E-state index contributed by atoms with van der Waals surface area (Å²) in [6, 6.07) is 5.86. The molecule has 138 valence electrons. The first-order chi connectivity index (χ1) is 11.5. The van der Waals surface area contributed by atoms with E-state index < -0.39 is 15.4 Å². The molecule has 0 aliphatic carbocycles. The van der Waals surface area contributed by atoms with Crippen molar-refractivity contribution in [3.8, 4) is 0 Å². The number of anilines is 1. The molecule has 25 heavy (non-hydrogen) atoms. The van der Waals surface area contributed by atoms with Crippen molar-refractivity contribution in [1.82, 2.24) is 4.90 Å². The Morgan fingerprint density at radius 3 is 2.32 bits per heavy atom. The van der Waals surface area contributed by atoms with Crippen LogP contribution in [0.5, 0.6) is 0 Å². The highest BCUT2D eigenvalue weighted by molar-refractivity contribution is 7.89. The van der Waals surface area contributed by atoms with Crippen molar-refractivity contribution in [2.45, 2.75) is 38.5 Å². The number of benzene rings is 1. The van der Waals surface area contributed by atoms with Crippen LogP contribution in [-0.4, -0.2) is 38.2 Å². The summed E-state index contributed by atoms with van der Waals surface area (Å²) in [7, 11) is -3.81. The lowest BCUT2D eigenvalue weighted by Crippen LogP contribution is -2.45. The van der Waals surface area contributed by atoms with Gasteiger partial charge in [-0.25, -0.2) is 13.6 Å². The molecule has 8 heteroatoms. The van der Waals surface area contributed by atoms with Gasteiger partial charge in [-0.2, -0.15) is 0 Å². The van der Waals surface area contributed by atoms with Gasteiger partial charge in [0, 0.05) is 30.1 Å². The Morgan fingerprint density at radius 2 is 1.80 bits per heavy atom. The van der Waals surface area contributed by atoms with Crippen molar-refractivity contribution in [3.05, 3.63) is 24.3 Å². The van der Waals surface area contributed by atoms with E-state index in [1.165, 1.54) is 18.2 Å². The number of primary sulfonamides is 1. The molecule has 0 saturated carbocycles. The molecule has 1 aromatic rings. The summed E-state index contributed by atoms with van der Waals surface area (Å²) in [5.74, 6) is -0.288. The summed E-state index contributed by atoms with van der Waals surface area (Å²) >= 11 is 0. The number of hydrogen-bond acceptors (Lipinski definition) is 4. The number of piperidine rings is 1. The Morgan fingerprint density at radius 1 is 1.20 bits per heavy atom. The van der Waals surface area contributed by atoms with Crippen molar-refractivity contribution in [2.24, 2.45) is 16.5 Å². The number of sulfonamides is 1. The third kappa shape index (κ3) is 5.02. The molecule has 0 radical (unpaired) electrons. The number of nitrogens with zero attached hydrogens (tertiary/aromatic N) is 1. The van der Waals surface area contributed by atoms with Gasteiger partial charge in [-0.15, -0.1) is 0 Å². The Bertz CT molecular complexity index is 760. The number of nitrogens with one attached hydrogen (secondary N) is 1. The van der Waals surface area contributed by atoms with Crippen LogP contribution in [0.25, 0.3) is 0 Å². The molecule has 1 aliphatic rings. The zero-order valence-corrected chi connectivity index (χ0v) is 15.6. The summed E-state index contributed by atoms with van der Waals surface area (Å²) in [6.07, 6.45) is 1.17. The smallest absolute Gasteiger partial charge is 0.238 e.